The molecule has 102 valence electrons. The topological polar surface area (TPSA) is 95.5 Å². The van der Waals surface area contributed by atoms with Gasteiger partial charge >= 0.3 is 5.97 Å². The Labute approximate surface area is 125 Å². The van der Waals surface area contributed by atoms with Crippen LogP contribution in [-0.2, 0) is 9.59 Å². The minimum absolute atomic E-state index is 0.0579. The molecule has 0 aliphatic carbocycles. The highest BCUT2D eigenvalue weighted by Crippen LogP contribution is 2.30. The van der Waals surface area contributed by atoms with E-state index in [4.69, 9.17) is 5.11 Å². The summed E-state index contributed by atoms with van der Waals surface area (Å²) in [5.41, 5.74) is 0.0866. The third kappa shape index (κ3) is 4.64. The standard InChI is InChI=1S/C11H10Br2N2O4/c1-5(16)14-4-9(17)15-10-7(11(18)19)2-6(12)3-8(10)13/h2-3H,4H2,1H3,(H,14,16)(H,15,17)(H,18,19). The average molecular weight is 394 g/mol. The van der Waals surface area contributed by atoms with E-state index in [0.717, 1.165) is 0 Å². The van der Waals surface area contributed by atoms with Crippen molar-refractivity contribution < 1.29 is 19.5 Å². The number of anilines is 1. The van der Waals surface area contributed by atoms with Crippen molar-refractivity contribution in [1.29, 1.82) is 0 Å². The highest BCUT2D eigenvalue weighted by molar-refractivity contribution is 9.11. The van der Waals surface area contributed by atoms with Crippen molar-refractivity contribution in [3.8, 4) is 0 Å². The van der Waals surface area contributed by atoms with Gasteiger partial charge in [-0.3, -0.25) is 9.59 Å². The summed E-state index contributed by atoms with van der Waals surface area (Å²) < 4.78 is 0.993. The molecule has 0 spiro atoms. The highest BCUT2D eigenvalue weighted by Gasteiger charge is 2.16. The summed E-state index contributed by atoms with van der Waals surface area (Å²) in [7, 11) is 0. The normalized spacial score (nSPS) is 9.84. The van der Waals surface area contributed by atoms with Crippen molar-refractivity contribution in [1.82, 2.24) is 5.32 Å². The Morgan fingerprint density at radius 3 is 2.42 bits per heavy atom. The molecular weight excluding hydrogens is 384 g/mol. The molecule has 6 nitrogen and oxygen atoms in total. The van der Waals surface area contributed by atoms with Gasteiger partial charge in [-0.15, -0.1) is 0 Å². The first-order chi connectivity index (χ1) is 8.81. The van der Waals surface area contributed by atoms with E-state index < -0.39 is 11.9 Å². The van der Waals surface area contributed by atoms with Crippen LogP contribution in [0.15, 0.2) is 21.1 Å². The van der Waals surface area contributed by atoms with Crippen LogP contribution < -0.4 is 10.6 Å². The van der Waals surface area contributed by atoms with Crippen LogP contribution in [0, 0.1) is 0 Å². The first kappa shape index (κ1) is 15.6. The molecule has 1 aromatic rings. The molecule has 8 heteroatoms. The number of carbonyl (C=O) groups excluding carboxylic acids is 2. The number of benzene rings is 1. The van der Waals surface area contributed by atoms with Gasteiger partial charge in [-0.25, -0.2) is 4.79 Å². The zero-order chi connectivity index (χ0) is 14.6. The van der Waals surface area contributed by atoms with Gasteiger partial charge in [0.1, 0.15) is 0 Å². The molecule has 2 amide bonds. The molecule has 0 aromatic heterocycles. The summed E-state index contributed by atoms with van der Waals surface area (Å²) in [6, 6.07) is 2.99. The van der Waals surface area contributed by atoms with E-state index in [-0.39, 0.29) is 23.7 Å². The van der Waals surface area contributed by atoms with E-state index >= 15 is 0 Å². The number of carbonyl (C=O) groups is 3. The van der Waals surface area contributed by atoms with Gasteiger partial charge in [-0.2, -0.15) is 0 Å². The van der Waals surface area contributed by atoms with Crippen molar-refractivity contribution in [3.05, 3.63) is 26.6 Å². The second-order valence-electron chi connectivity index (χ2n) is 3.57. The lowest BCUT2D eigenvalue weighted by Crippen LogP contribution is -2.31. The molecule has 0 saturated carbocycles. The first-order valence-corrected chi connectivity index (χ1v) is 6.66. The summed E-state index contributed by atoms with van der Waals surface area (Å²) in [6.45, 7) is 1.06. The molecule has 0 aliphatic rings. The van der Waals surface area contributed by atoms with Crippen molar-refractivity contribution in [2.45, 2.75) is 6.92 Å². The Kier molecular flexibility index (Phi) is 5.49. The second-order valence-corrected chi connectivity index (χ2v) is 5.34. The maximum atomic E-state index is 11.6. The van der Waals surface area contributed by atoms with E-state index in [2.05, 4.69) is 42.5 Å². The van der Waals surface area contributed by atoms with Crippen molar-refractivity contribution in [2.24, 2.45) is 0 Å². The third-order valence-corrected chi connectivity index (χ3v) is 3.13. The molecule has 0 radical (unpaired) electrons. The molecular formula is C11H10Br2N2O4. The number of carboxylic acids is 1. The number of rotatable bonds is 4. The van der Waals surface area contributed by atoms with Crippen LogP contribution in [-0.4, -0.2) is 29.4 Å². The van der Waals surface area contributed by atoms with Crippen LogP contribution in [0.25, 0.3) is 0 Å². The van der Waals surface area contributed by atoms with Gasteiger partial charge in [-0.1, -0.05) is 15.9 Å². The van der Waals surface area contributed by atoms with Crippen LogP contribution in [0.5, 0.6) is 0 Å². The fraction of sp³-hybridized carbons (Fsp3) is 0.182. The average Bonchev–Trinajstić information content (AvgIpc) is 2.29. The molecule has 0 unspecified atom stereocenters. The summed E-state index contributed by atoms with van der Waals surface area (Å²) >= 11 is 6.35. The predicted octanol–water partition coefficient (Wildman–Crippen LogP) is 1.98. The van der Waals surface area contributed by atoms with Crippen molar-refractivity contribution in [3.63, 3.8) is 0 Å². The van der Waals surface area contributed by atoms with Gasteiger partial charge in [0.15, 0.2) is 0 Å². The lowest BCUT2D eigenvalue weighted by atomic mass is 10.2. The van der Waals surface area contributed by atoms with E-state index in [1.165, 1.54) is 13.0 Å². The minimum Gasteiger partial charge on any atom is -0.478 e. The number of amides is 2. The van der Waals surface area contributed by atoms with Crippen LogP contribution in [0.4, 0.5) is 5.69 Å². The van der Waals surface area contributed by atoms with Crippen LogP contribution in [0.3, 0.4) is 0 Å². The Morgan fingerprint density at radius 2 is 1.89 bits per heavy atom. The van der Waals surface area contributed by atoms with Gasteiger partial charge in [0, 0.05) is 15.9 Å². The van der Waals surface area contributed by atoms with Crippen LogP contribution >= 0.6 is 31.9 Å². The zero-order valence-corrected chi connectivity index (χ0v) is 13.0. The molecule has 1 aromatic carbocycles. The largest absolute Gasteiger partial charge is 0.478 e. The molecule has 0 saturated heterocycles. The van der Waals surface area contributed by atoms with E-state index in [1.807, 2.05) is 0 Å². The van der Waals surface area contributed by atoms with E-state index in [0.29, 0.717) is 8.95 Å². The Bertz CT molecular complexity index is 546. The molecule has 0 heterocycles. The molecule has 0 atom stereocenters. The van der Waals surface area contributed by atoms with Gasteiger partial charge in [0.05, 0.1) is 17.8 Å². The SMILES string of the molecule is CC(=O)NCC(=O)Nc1c(Br)cc(Br)cc1C(=O)O. The summed E-state index contributed by atoms with van der Waals surface area (Å²) in [4.78, 5) is 33.4. The Hall–Kier alpha value is -1.41. The molecule has 19 heavy (non-hydrogen) atoms. The number of halogens is 2. The number of aromatic carboxylic acids is 1. The number of hydrogen-bond acceptors (Lipinski definition) is 3. The van der Waals surface area contributed by atoms with Crippen LogP contribution in [0.2, 0.25) is 0 Å². The molecule has 0 fully saturated rings. The third-order valence-electron chi connectivity index (χ3n) is 2.05. The molecule has 3 N–H and O–H groups in total. The fourth-order valence-electron chi connectivity index (χ4n) is 1.26. The second kappa shape index (κ2) is 6.67. The fourth-order valence-corrected chi connectivity index (χ4v) is 2.58. The quantitative estimate of drug-likeness (QED) is 0.728. The smallest absolute Gasteiger partial charge is 0.337 e. The summed E-state index contributed by atoms with van der Waals surface area (Å²) in [5.74, 6) is -2.03. The Balaban J connectivity index is 2.97. The van der Waals surface area contributed by atoms with Crippen molar-refractivity contribution in [2.75, 3.05) is 11.9 Å². The lowest BCUT2D eigenvalue weighted by molar-refractivity contribution is -0.122. The summed E-state index contributed by atoms with van der Waals surface area (Å²) in [6.07, 6.45) is 0. The maximum absolute atomic E-state index is 11.6. The number of hydrogen-bond donors (Lipinski definition) is 3. The maximum Gasteiger partial charge on any atom is 0.337 e. The van der Waals surface area contributed by atoms with Gasteiger partial charge in [0.25, 0.3) is 0 Å². The van der Waals surface area contributed by atoms with E-state index in [1.54, 1.807) is 6.07 Å². The number of carboxylic acid groups (broad SMARTS) is 1. The predicted molar refractivity (Wildman–Crippen MR) is 76.1 cm³/mol. The molecule has 0 aliphatic heterocycles. The Morgan fingerprint density at radius 1 is 1.26 bits per heavy atom. The minimum atomic E-state index is -1.17. The summed E-state index contributed by atoms with van der Waals surface area (Å²) in [5, 5.41) is 13.8. The number of nitrogens with one attached hydrogen (secondary N) is 2. The highest BCUT2D eigenvalue weighted by atomic mass is 79.9. The monoisotopic (exact) mass is 392 g/mol. The zero-order valence-electron chi connectivity index (χ0n) is 9.79. The molecule has 0 bridgehead atoms. The van der Waals surface area contributed by atoms with Gasteiger partial charge in [0.2, 0.25) is 11.8 Å². The van der Waals surface area contributed by atoms with Crippen LogP contribution in [0.1, 0.15) is 17.3 Å². The molecule has 1 rings (SSSR count). The van der Waals surface area contributed by atoms with Crippen molar-refractivity contribution >= 4 is 55.3 Å². The van der Waals surface area contributed by atoms with E-state index in [9.17, 15) is 14.4 Å². The van der Waals surface area contributed by atoms with Gasteiger partial charge < -0.3 is 15.7 Å². The first-order valence-electron chi connectivity index (χ1n) is 5.08. The lowest BCUT2D eigenvalue weighted by Gasteiger charge is -2.11. The van der Waals surface area contributed by atoms with Gasteiger partial charge in [-0.05, 0) is 28.1 Å².